The van der Waals surface area contributed by atoms with Crippen molar-refractivity contribution in [2.75, 3.05) is 11.9 Å². The molecule has 0 saturated heterocycles. The number of unbranched alkanes of at least 4 members (excludes halogenated alkanes) is 3. The smallest absolute Gasteiger partial charge is 0.129 e. The van der Waals surface area contributed by atoms with Gasteiger partial charge in [-0.2, -0.15) is 0 Å². The lowest BCUT2D eigenvalue weighted by molar-refractivity contribution is -0.108. The zero-order valence-corrected chi connectivity index (χ0v) is 18.6. The highest BCUT2D eigenvalue weighted by Gasteiger charge is 2.13. The van der Waals surface area contributed by atoms with E-state index in [0.717, 1.165) is 55.2 Å². The van der Waals surface area contributed by atoms with Crippen LogP contribution in [0.5, 0.6) is 0 Å². The number of aldehydes is 1. The van der Waals surface area contributed by atoms with Crippen molar-refractivity contribution in [3.8, 4) is 0 Å². The van der Waals surface area contributed by atoms with Crippen molar-refractivity contribution in [2.45, 2.75) is 70.6 Å². The summed E-state index contributed by atoms with van der Waals surface area (Å²) in [5, 5.41) is 4.58. The van der Waals surface area contributed by atoms with Gasteiger partial charge in [0.05, 0.1) is 5.52 Å². The predicted molar refractivity (Wildman–Crippen MR) is 128 cm³/mol. The number of nitrogens with one attached hydrogen (secondary N) is 1. The lowest BCUT2D eigenvalue weighted by atomic mass is 9.90. The summed E-state index contributed by atoms with van der Waals surface area (Å²) in [5.41, 5.74) is 5.99. The van der Waals surface area contributed by atoms with Gasteiger partial charge in [-0.3, -0.25) is 4.98 Å². The number of aryl methyl sites for hydroxylation is 3. The van der Waals surface area contributed by atoms with Crippen molar-refractivity contribution < 1.29 is 4.79 Å². The Hall–Kier alpha value is -2.75. The molecule has 0 radical (unpaired) electrons. The average molecular weight is 416 g/mol. The summed E-state index contributed by atoms with van der Waals surface area (Å²) in [7, 11) is 0. The number of hydrogen-bond acceptors (Lipinski definition) is 4. The monoisotopic (exact) mass is 415 g/mol. The van der Waals surface area contributed by atoms with E-state index in [2.05, 4.69) is 53.6 Å². The fourth-order valence-corrected chi connectivity index (χ4v) is 4.57. The van der Waals surface area contributed by atoms with Crippen molar-refractivity contribution >= 4 is 23.0 Å². The lowest BCUT2D eigenvalue weighted by Crippen LogP contribution is -2.13. The zero-order chi connectivity index (χ0) is 21.5. The fourth-order valence-electron chi connectivity index (χ4n) is 4.57. The molecular weight excluding hydrogens is 382 g/mol. The van der Waals surface area contributed by atoms with Crippen LogP contribution in [0.1, 0.15) is 73.2 Å². The molecule has 4 heteroatoms. The van der Waals surface area contributed by atoms with Gasteiger partial charge in [0, 0.05) is 30.2 Å². The van der Waals surface area contributed by atoms with E-state index in [1.165, 1.54) is 48.1 Å². The van der Waals surface area contributed by atoms with Crippen LogP contribution in [0, 0.1) is 6.92 Å². The van der Waals surface area contributed by atoms with Crippen LogP contribution in [0.4, 0.5) is 5.82 Å². The molecule has 0 saturated carbocycles. The summed E-state index contributed by atoms with van der Waals surface area (Å²) in [4.78, 5) is 20.7. The molecule has 3 aromatic rings. The highest BCUT2D eigenvalue weighted by atomic mass is 16.1. The first-order chi connectivity index (χ1) is 15.2. The van der Waals surface area contributed by atoms with E-state index in [0.29, 0.717) is 6.42 Å². The first-order valence-corrected chi connectivity index (χ1v) is 11.8. The maximum absolute atomic E-state index is 11.3. The number of pyridine rings is 2. The Bertz CT molecular complexity index is 1030. The van der Waals surface area contributed by atoms with Crippen LogP contribution in [-0.2, 0) is 17.6 Å². The third-order valence-electron chi connectivity index (χ3n) is 6.40. The van der Waals surface area contributed by atoms with Gasteiger partial charge in [0.1, 0.15) is 12.1 Å². The van der Waals surface area contributed by atoms with Crippen LogP contribution in [-0.4, -0.2) is 22.8 Å². The number of benzene rings is 1. The van der Waals surface area contributed by atoms with Gasteiger partial charge in [-0.25, -0.2) is 4.98 Å². The summed E-state index contributed by atoms with van der Waals surface area (Å²) in [5.74, 6) is 1.36. The Balaban J connectivity index is 1.24. The molecular formula is C27H33N3O. The summed E-state index contributed by atoms with van der Waals surface area (Å²) < 4.78 is 0. The number of aromatic nitrogens is 2. The molecule has 0 aliphatic carbocycles. The number of carbonyl (C=O) groups is 1. The van der Waals surface area contributed by atoms with Crippen LogP contribution in [0.15, 0.2) is 42.6 Å². The second-order valence-corrected chi connectivity index (χ2v) is 8.86. The second kappa shape index (κ2) is 10.5. The fraction of sp³-hybridized carbons (Fsp3) is 0.444. The molecule has 1 aliphatic heterocycles. The van der Waals surface area contributed by atoms with Crippen LogP contribution < -0.4 is 5.32 Å². The molecule has 31 heavy (non-hydrogen) atoms. The van der Waals surface area contributed by atoms with Crippen LogP contribution in [0.2, 0.25) is 0 Å². The Labute approximate surface area is 185 Å². The molecule has 4 nitrogen and oxygen atoms in total. The van der Waals surface area contributed by atoms with Gasteiger partial charge in [0.2, 0.25) is 0 Å². The summed E-state index contributed by atoms with van der Waals surface area (Å²) in [6, 6.07) is 13.0. The molecule has 0 bridgehead atoms. The van der Waals surface area contributed by atoms with Gasteiger partial charge >= 0.3 is 0 Å². The predicted octanol–water partition coefficient (Wildman–Crippen LogP) is 6.16. The Morgan fingerprint density at radius 2 is 2.00 bits per heavy atom. The van der Waals surface area contributed by atoms with Gasteiger partial charge in [-0.05, 0) is 79.8 Å². The van der Waals surface area contributed by atoms with E-state index >= 15 is 0 Å². The molecule has 0 amide bonds. The third-order valence-corrected chi connectivity index (χ3v) is 6.40. The number of carbonyl (C=O) groups excluding carboxylic acids is 1. The maximum atomic E-state index is 11.3. The molecule has 2 aromatic heterocycles. The van der Waals surface area contributed by atoms with E-state index < -0.39 is 0 Å². The van der Waals surface area contributed by atoms with Crippen molar-refractivity contribution in [3.63, 3.8) is 0 Å². The molecule has 1 aliphatic rings. The highest BCUT2D eigenvalue weighted by molar-refractivity contribution is 5.79. The van der Waals surface area contributed by atoms with E-state index in [1.807, 2.05) is 6.20 Å². The molecule has 0 spiro atoms. The van der Waals surface area contributed by atoms with E-state index in [1.54, 1.807) is 0 Å². The van der Waals surface area contributed by atoms with Gasteiger partial charge < -0.3 is 10.1 Å². The van der Waals surface area contributed by atoms with Crippen molar-refractivity contribution in [2.24, 2.45) is 0 Å². The minimum atomic E-state index is 0.268. The number of fused-ring (bicyclic) bond motifs is 2. The van der Waals surface area contributed by atoms with Crippen molar-refractivity contribution in [3.05, 3.63) is 65.0 Å². The summed E-state index contributed by atoms with van der Waals surface area (Å²) >= 11 is 0. The SMILES string of the molecule is Cc1ccc2cc(C(CC=O)CCCCCCc3ccc4c(n3)NCCC4)cnc2c1. The van der Waals surface area contributed by atoms with Crippen LogP contribution in [0.3, 0.4) is 0 Å². The molecule has 4 rings (SSSR count). The summed E-state index contributed by atoms with van der Waals surface area (Å²) in [6.45, 7) is 3.13. The molecule has 1 unspecified atom stereocenters. The highest BCUT2D eigenvalue weighted by Crippen LogP contribution is 2.28. The second-order valence-electron chi connectivity index (χ2n) is 8.86. The Kier molecular flexibility index (Phi) is 7.29. The van der Waals surface area contributed by atoms with E-state index in [9.17, 15) is 4.79 Å². The third kappa shape index (κ3) is 5.69. The van der Waals surface area contributed by atoms with Crippen LogP contribution in [0.25, 0.3) is 10.9 Å². The lowest BCUT2D eigenvalue weighted by Gasteiger charge is -2.17. The quantitative estimate of drug-likeness (QED) is 0.318. The van der Waals surface area contributed by atoms with E-state index in [4.69, 9.17) is 4.98 Å². The van der Waals surface area contributed by atoms with Crippen LogP contribution >= 0.6 is 0 Å². The zero-order valence-electron chi connectivity index (χ0n) is 18.6. The molecule has 162 valence electrons. The minimum absolute atomic E-state index is 0.268. The van der Waals surface area contributed by atoms with Gasteiger partial charge in [-0.1, -0.05) is 37.5 Å². The Morgan fingerprint density at radius 3 is 2.90 bits per heavy atom. The van der Waals surface area contributed by atoms with Crippen molar-refractivity contribution in [1.82, 2.24) is 9.97 Å². The van der Waals surface area contributed by atoms with Gasteiger partial charge in [0.25, 0.3) is 0 Å². The molecule has 1 N–H and O–H groups in total. The number of rotatable bonds is 10. The number of nitrogens with zero attached hydrogens (tertiary/aromatic N) is 2. The minimum Gasteiger partial charge on any atom is -0.370 e. The first kappa shape index (κ1) is 21.5. The maximum Gasteiger partial charge on any atom is 0.129 e. The van der Waals surface area contributed by atoms with Crippen molar-refractivity contribution in [1.29, 1.82) is 0 Å². The molecule has 3 heterocycles. The number of anilines is 1. The summed E-state index contributed by atoms with van der Waals surface area (Å²) in [6.07, 6.45) is 12.7. The largest absolute Gasteiger partial charge is 0.370 e. The molecule has 1 atom stereocenters. The molecule has 0 fully saturated rings. The topological polar surface area (TPSA) is 54.9 Å². The van der Waals surface area contributed by atoms with Gasteiger partial charge in [-0.15, -0.1) is 0 Å². The Morgan fingerprint density at radius 1 is 1.10 bits per heavy atom. The standard InChI is InChI=1S/C27H33N3O/c1-20-10-11-23-18-24(19-29-26(23)17-20)21(14-16-31)7-4-2-3-5-9-25-13-12-22-8-6-15-28-27(22)30-25/h10-13,16-19,21H,2-9,14-15H2,1H3,(H,28,30). The van der Waals surface area contributed by atoms with Gasteiger partial charge in [0.15, 0.2) is 0 Å². The van der Waals surface area contributed by atoms with E-state index in [-0.39, 0.29) is 5.92 Å². The normalized spacial score (nSPS) is 14.1. The first-order valence-electron chi connectivity index (χ1n) is 11.8. The molecule has 1 aromatic carbocycles. The average Bonchev–Trinajstić information content (AvgIpc) is 2.80. The number of hydrogen-bond donors (Lipinski definition) is 1.